The first-order valence-corrected chi connectivity index (χ1v) is 29.0. The Morgan fingerprint density at radius 3 is 1.18 bits per heavy atom. The third kappa shape index (κ3) is 17.2. The van der Waals surface area contributed by atoms with Crippen LogP contribution in [0, 0.1) is 0 Å². The zero-order valence-corrected chi connectivity index (χ0v) is 52.2. The number of carboxylic acids is 1. The maximum Gasteiger partial charge on any atom is 0.303 e. The van der Waals surface area contributed by atoms with Gasteiger partial charge in [0.2, 0.25) is 17.7 Å². The molecule has 34 heteroatoms. The van der Waals surface area contributed by atoms with Gasteiger partial charge in [-0.05, 0) is 55.3 Å². The Morgan fingerprint density at radius 1 is 0.426 bits per heavy atom. The molecule has 0 aromatic carbocycles. The van der Waals surface area contributed by atoms with Gasteiger partial charge in [0.1, 0.15) is 39.9 Å². The Hall–Kier alpha value is -12.2. The lowest BCUT2D eigenvalue weighted by molar-refractivity contribution is -0.137. The van der Waals surface area contributed by atoms with Gasteiger partial charge in [0.25, 0.3) is 47.3 Å². The quantitative estimate of drug-likeness (QED) is 0.0318. The molecule has 8 aromatic heterocycles. The van der Waals surface area contributed by atoms with Crippen molar-refractivity contribution >= 4 is 111 Å². The van der Waals surface area contributed by atoms with Crippen LogP contribution in [0.2, 0.25) is 0 Å². The van der Waals surface area contributed by atoms with Gasteiger partial charge in [-0.25, -0.2) is 4.98 Å². The predicted molar refractivity (Wildman–Crippen MR) is 342 cm³/mol. The number of hydrogen-bond donors (Lipinski definition) is 13. The number of carbonyl (C=O) groups is 12. The van der Waals surface area contributed by atoms with Crippen LogP contribution in [0.3, 0.4) is 0 Å². The summed E-state index contributed by atoms with van der Waals surface area (Å²) in [4.78, 5) is 158. The van der Waals surface area contributed by atoms with E-state index >= 15 is 0 Å². The summed E-state index contributed by atoms with van der Waals surface area (Å²) in [6.45, 7) is -0.0306. The van der Waals surface area contributed by atoms with E-state index in [0.29, 0.717) is 17.1 Å². The zero-order chi connectivity index (χ0) is 68.2. The highest BCUT2D eigenvalue weighted by atomic mass is 16.4. The average molecular weight is 1290 g/mol. The first-order valence-electron chi connectivity index (χ1n) is 29.0. The predicted octanol–water partition coefficient (Wildman–Crippen LogP) is 1.83. The molecule has 0 saturated heterocycles. The molecule has 494 valence electrons. The van der Waals surface area contributed by atoms with Gasteiger partial charge in [0, 0.05) is 151 Å². The number of hydrogen-bond acceptors (Lipinski definition) is 14. The summed E-state index contributed by atoms with van der Waals surface area (Å²) < 4.78 is 11.9. The maximum atomic E-state index is 13.8. The second-order valence-electron chi connectivity index (χ2n) is 21.9. The number of nitrogens with two attached hydrogens (primary N) is 2. The molecule has 34 nitrogen and oxygen atoms in total. The number of nitrogens with one attached hydrogen (secondary N) is 10. The van der Waals surface area contributed by atoms with Crippen molar-refractivity contribution in [1.29, 1.82) is 0 Å². The Labute approximate surface area is 535 Å². The fourth-order valence-electron chi connectivity index (χ4n) is 9.89. The van der Waals surface area contributed by atoms with Crippen molar-refractivity contribution < 1.29 is 62.6 Å². The van der Waals surface area contributed by atoms with Crippen molar-refractivity contribution in [3.05, 3.63) is 144 Å². The number of rotatable bonds is 29. The number of carboxylic acid groups (broad SMARTS) is 1. The van der Waals surface area contributed by atoms with Gasteiger partial charge in [-0.3, -0.25) is 57.5 Å². The number of carbonyl (C=O) groups excluding carboxylic acids is 11. The number of aryl methyl sites for hydroxylation is 8. The van der Waals surface area contributed by atoms with Gasteiger partial charge in [-0.1, -0.05) is 0 Å². The molecule has 0 fully saturated rings. The minimum absolute atomic E-state index is 0.00540. The Bertz CT molecular complexity index is 4270. The third-order valence-corrected chi connectivity index (χ3v) is 14.6. The fraction of sp³-hybridized carbons (Fsp3) is 0.283. The minimum atomic E-state index is -1.11. The van der Waals surface area contributed by atoms with Crippen LogP contribution >= 0.6 is 0 Å². The number of imidazole rings is 1. The summed E-state index contributed by atoms with van der Waals surface area (Å²) in [6, 6.07) is 8.95. The lowest BCUT2D eigenvalue weighted by Gasteiger charge is -2.12. The molecule has 15 N–H and O–H groups in total. The molecule has 8 heterocycles. The van der Waals surface area contributed by atoms with E-state index in [9.17, 15) is 62.6 Å². The molecule has 0 aliphatic carbocycles. The molecule has 0 aliphatic heterocycles. The molecule has 0 aliphatic rings. The van der Waals surface area contributed by atoms with E-state index < -0.39 is 77.0 Å². The second kappa shape index (κ2) is 29.6. The van der Waals surface area contributed by atoms with Crippen molar-refractivity contribution in [2.24, 2.45) is 60.8 Å². The minimum Gasteiger partial charge on any atom is -0.481 e. The molecule has 0 unspecified atom stereocenters. The molecule has 11 amide bonds. The largest absolute Gasteiger partial charge is 0.481 e. The first kappa shape index (κ1) is 67.7. The lowest BCUT2D eigenvalue weighted by atomic mass is 10.2. The normalized spacial score (nSPS) is 11.3. The molecule has 1 atom stereocenters. The highest BCUT2D eigenvalue weighted by molar-refractivity contribution is 6.09. The molecular formula is C60H71N21O13. The number of primary amides is 1. The van der Waals surface area contributed by atoms with Gasteiger partial charge in [0.05, 0.1) is 45.9 Å². The number of amides is 11. The summed E-state index contributed by atoms with van der Waals surface area (Å²) >= 11 is 0. The number of aliphatic carboxylic acids is 1. The molecule has 8 rings (SSSR count). The van der Waals surface area contributed by atoms with E-state index in [1.54, 1.807) is 66.3 Å². The van der Waals surface area contributed by atoms with Crippen LogP contribution in [0.5, 0.6) is 0 Å². The lowest BCUT2D eigenvalue weighted by Crippen LogP contribution is -2.39. The summed E-state index contributed by atoms with van der Waals surface area (Å²) in [5, 5.41) is 36.2. The molecule has 0 saturated carbocycles. The molecule has 0 radical (unpaired) electrons. The first-order chi connectivity index (χ1) is 44.6. The Balaban J connectivity index is 0.766. The van der Waals surface area contributed by atoms with Crippen molar-refractivity contribution in [3.63, 3.8) is 0 Å². The maximum absolute atomic E-state index is 13.8. The highest BCUT2D eigenvalue weighted by Crippen LogP contribution is 2.23. The third-order valence-electron chi connectivity index (χ3n) is 14.6. The van der Waals surface area contributed by atoms with E-state index in [-0.39, 0.29) is 127 Å². The van der Waals surface area contributed by atoms with Gasteiger partial charge < -0.3 is 106 Å². The van der Waals surface area contributed by atoms with Gasteiger partial charge in [0.15, 0.2) is 5.82 Å². The zero-order valence-electron chi connectivity index (χ0n) is 52.2. The highest BCUT2D eigenvalue weighted by Gasteiger charge is 2.24. The van der Waals surface area contributed by atoms with Crippen LogP contribution in [-0.2, 0) is 75.1 Å². The van der Waals surface area contributed by atoms with Gasteiger partial charge in [-0.15, -0.1) is 0 Å². The van der Waals surface area contributed by atoms with E-state index in [4.69, 9.17) is 11.5 Å². The van der Waals surface area contributed by atoms with E-state index in [1.165, 1.54) is 118 Å². The van der Waals surface area contributed by atoms with E-state index in [1.807, 2.05) is 0 Å². The second-order valence-corrected chi connectivity index (χ2v) is 21.9. The average Bonchev–Trinajstić information content (AvgIpc) is 1.75. The SMILES string of the molecule is Cn1cc(NC(=O)CCNC(=O)c2cc(NC(=O)c3cc(NC(=O)c4cc(NC(=O)[C@H](N)CCNC(=O)c5cc(NC(=O)c6cc(NC(=O)CCNC(=O)c7cc(NC(=O)c8nccn8C)cn7C)cn6CCCC(=O)O)cn5C)cn4C)cn3C)cn2C)cc1C(N)=O. The number of anilines is 7. The summed E-state index contributed by atoms with van der Waals surface area (Å²) in [5.41, 5.74) is 14.6. The summed E-state index contributed by atoms with van der Waals surface area (Å²) in [6.07, 6.45) is 13.4. The van der Waals surface area contributed by atoms with Gasteiger partial charge in [-0.2, -0.15) is 0 Å². The fourth-order valence-corrected chi connectivity index (χ4v) is 9.89. The van der Waals surface area contributed by atoms with Crippen molar-refractivity contribution in [2.75, 3.05) is 56.9 Å². The van der Waals surface area contributed by atoms with Crippen LogP contribution in [0.1, 0.15) is 116 Å². The molecule has 94 heavy (non-hydrogen) atoms. The van der Waals surface area contributed by atoms with Crippen molar-refractivity contribution in [1.82, 2.24) is 57.5 Å². The van der Waals surface area contributed by atoms with Crippen LogP contribution in [-0.4, -0.2) is 143 Å². The standard InChI is InChI=1S/C60H71N21O13/c1-74-18-16-63-52(74)60(94)73-38-22-44(78(5)31-38)56(90)66-15-12-49(83)68-39-25-47(81(32-39)17-8-9-50(84)85)59(93)72-36-21-42(77(4)29-36)54(88)64-13-10-40(61)53(87)69-34-23-45(79(6)27-34)57(91)71-37-24-46(80(7)30-37)58(92)70-35-20-43(76(3)28-35)55(89)65-14-11-48(82)67-33-19-41(51(62)86)75(2)26-33/h16,18-32,40H,8-15,17,61H2,1-7H3,(H2,62,86)(H,64,88)(H,65,89)(H,66,90)(H,67,82)(H,68,83)(H,69,87)(H,70,92)(H,71,91)(H,72,93)(H,73,94)(H,84,85)/t40-/m1/s1. The molecular weight excluding hydrogens is 1220 g/mol. The molecule has 0 spiro atoms. The van der Waals surface area contributed by atoms with Crippen molar-refractivity contribution in [2.45, 2.75) is 44.7 Å². The Morgan fingerprint density at radius 2 is 0.777 bits per heavy atom. The van der Waals surface area contributed by atoms with E-state index in [2.05, 4.69) is 58.2 Å². The summed E-state index contributed by atoms with van der Waals surface area (Å²) in [7, 11) is 11.3. The van der Waals surface area contributed by atoms with Crippen molar-refractivity contribution in [3.8, 4) is 0 Å². The molecule has 8 aromatic rings. The number of aromatic nitrogens is 9. The van der Waals surface area contributed by atoms with Gasteiger partial charge >= 0.3 is 5.97 Å². The molecule has 0 bridgehead atoms. The topological polar surface area (TPSA) is 450 Å². The smallest absolute Gasteiger partial charge is 0.303 e. The van der Waals surface area contributed by atoms with Crippen LogP contribution in [0.25, 0.3) is 0 Å². The monoisotopic (exact) mass is 1290 g/mol. The van der Waals surface area contributed by atoms with Crippen LogP contribution < -0.4 is 64.6 Å². The number of nitrogens with zero attached hydrogens (tertiary/aromatic N) is 9. The van der Waals surface area contributed by atoms with Crippen LogP contribution in [0.4, 0.5) is 39.8 Å². The van der Waals surface area contributed by atoms with Crippen LogP contribution in [0.15, 0.2) is 98.2 Å². The van der Waals surface area contributed by atoms with E-state index in [0.717, 1.165) is 0 Å². The summed E-state index contributed by atoms with van der Waals surface area (Å²) in [5.74, 6) is -6.87. The Kier molecular flexibility index (Phi) is 21.3.